The molecule has 0 fully saturated rings. The summed E-state index contributed by atoms with van der Waals surface area (Å²) >= 11 is 5.68. The van der Waals surface area contributed by atoms with Gasteiger partial charge in [0.15, 0.2) is 0 Å². The largest absolute Gasteiger partial charge is 0.396 e. The molecule has 0 aliphatic rings. The minimum Gasteiger partial charge on any atom is -0.396 e. The van der Waals surface area contributed by atoms with Crippen molar-refractivity contribution >= 4 is 17.4 Å². The molecule has 0 aliphatic carbocycles. The van der Waals surface area contributed by atoms with E-state index in [9.17, 15) is 0 Å². The molecule has 5 heteroatoms. The molecule has 1 unspecified atom stereocenters. The summed E-state index contributed by atoms with van der Waals surface area (Å²) in [6.45, 7) is 3.09. The van der Waals surface area contributed by atoms with Crippen molar-refractivity contribution in [3.05, 3.63) is 17.5 Å². The predicted octanol–water partition coefficient (Wildman–Crippen LogP) is 1.95. The monoisotopic (exact) mass is 229 g/mol. The van der Waals surface area contributed by atoms with Gasteiger partial charge >= 0.3 is 0 Å². The van der Waals surface area contributed by atoms with Gasteiger partial charge in [-0.05, 0) is 18.8 Å². The second kappa shape index (κ2) is 6.58. The van der Waals surface area contributed by atoms with Crippen LogP contribution < -0.4 is 5.32 Å². The van der Waals surface area contributed by atoms with Gasteiger partial charge in [0.05, 0.1) is 12.4 Å². The third kappa shape index (κ3) is 4.95. The van der Waals surface area contributed by atoms with Crippen molar-refractivity contribution in [2.75, 3.05) is 18.5 Å². The lowest BCUT2D eigenvalue weighted by molar-refractivity contribution is 0.229. The minimum atomic E-state index is 0.247. The molecule has 2 N–H and O–H groups in total. The van der Waals surface area contributed by atoms with Crippen LogP contribution in [-0.2, 0) is 0 Å². The predicted molar refractivity (Wildman–Crippen MR) is 61.0 cm³/mol. The molecule has 0 aromatic carbocycles. The number of aliphatic hydroxyl groups is 1. The molecule has 0 radical (unpaired) electrons. The molecule has 0 bridgehead atoms. The molecule has 1 aromatic heterocycles. The summed E-state index contributed by atoms with van der Waals surface area (Å²) in [7, 11) is 0. The van der Waals surface area contributed by atoms with Gasteiger partial charge in [-0.3, -0.25) is 4.98 Å². The molecule has 0 aliphatic heterocycles. The van der Waals surface area contributed by atoms with Crippen LogP contribution in [0.4, 0.5) is 5.82 Å². The quantitative estimate of drug-likeness (QED) is 0.733. The zero-order chi connectivity index (χ0) is 11.1. The van der Waals surface area contributed by atoms with Crippen LogP contribution in [0.3, 0.4) is 0 Å². The van der Waals surface area contributed by atoms with E-state index in [1.807, 2.05) is 6.92 Å². The number of aliphatic hydroxyl groups excluding tert-OH is 1. The van der Waals surface area contributed by atoms with Gasteiger partial charge in [-0.1, -0.05) is 18.5 Å². The molecule has 0 saturated heterocycles. The van der Waals surface area contributed by atoms with Gasteiger partial charge in [-0.2, -0.15) is 0 Å². The minimum absolute atomic E-state index is 0.247. The van der Waals surface area contributed by atoms with Crippen molar-refractivity contribution in [1.29, 1.82) is 0 Å². The van der Waals surface area contributed by atoms with Gasteiger partial charge in [0.25, 0.3) is 0 Å². The molecule has 1 heterocycles. The highest BCUT2D eigenvalue weighted by atomic mass is 35.5. The zero-order valence-corrected chi connectivity index (χ0v) is 9.54. The normalized spacial score (nSPS) is 12.5. The zero-order valence-electron chi connectivity index (χ0n) is 8.78. The van der Waals surface area contributed by atoms with E-state index in [0.717, 1.165) is 19.4 Å². The van der Waals surface area contributed by atoms with Crippen LogP contribution >= 0.6 is 11.6 Å². The SMILES string of the molecule is CC(CO)CCCNc1cncc(Cl)n1. The van der Waals surface area contributed by atoms with E-state index in [4.69, 9.17) is 16.7 Å². The van der Waals surface area contributed by atoms with E-state index in [1.165, 1.54) is 6.20 Å². The fourth-order valence-electron chi connectivity index (χ4n) is 1.19. The first-order chi connectivity index (χ1) is 7.22. The number of hydrogen-bond donors (Lipinski definition) is 2. The topological polar surface area (TPSA) is 58.0 Å². The molecule has 0 spiro atoms. The van der Waals surface area contributed by atoms with Crippen LogP contribution in [0.1, 0.15) is 19.8 Å². The van der Waals surface area contributed by atoms with Crippen LogP contribution in [0.2, 0.25) is 5.15 Å². The van der Waals surface area contributed by atoms with Crippen molar-refractivity contribution in [3.8, 4) is 0 Å². The molecule has 0 saturated carbocycles. The summed E-state index contributed by atoms with van der Waals surface area (Å²) < 4.78 is 0. The maximum atomic E-state index is 8.83. The van der Waals surface area contributed by atoms with Crippen molar-refractivity contribution in [2.24, 2.45) is 5.92 Å². The van der Waals surface area contributed by atoms with E-state index >= 15 is 0 Å². The molecule has 4 nitrogen and oxygen atoms in total. The molecule has 84 valence electrons. The average Bonchev–Trinajstić information content (AvgIpc) is 2.24. The van der Waals surface area contributed by atoms with Crippen LogP contribution in [-0.4, -0.2) is 28.2 Å². The van der Waals surface area contributed by atoms with Crippen molar-refractivity contribution < 1.29 is 5.11 Å². The van der Waals surface area contributed by atoms with Crippen molar-refractivity contribution in [1.82, 2.24) is 9.97 Å². The molecule has 0 amide bonds. The third-order valence-electron chi connectivity index (χ3n) is 2.10. The highest BCUT2D eigenvalue weighted by molar-refractivity contribution is 6.29. The number of nitrogens with one attached hydrogen (secondary N) is 1. The van der Waals surface area contributed by atoms with Crippen molar-refractivity contribution in [3.63, 3.8) is 0 Å². The molecular formula is C10H16ClN3O. The molecule has 15 heavy (non-hydrogen) atoms. The second-order valence-electron chi connectivity index (χ2n) is 3.58. The standard InChI is InChI=1S/C10H16ClN3O/c1-8(7-15)3-2-4-13-10-6-12-5-9(11)14-10/h5-6,8,15H,2-4,7H2,1H3,(H,13,14). The lowest BCUT2D eigenvalue weighted by atomic mass is 10.1. The summed E-state index contributed by atoms with van der Waals surface area (Å²) in [6.07, 6.45) is 5.13. The highest BCUT2D eigenvalue weighted by Gasteiger charge is 2.00. The number of hydrogen-bond acceptors (Lipinski definition) is 4. The van der Waals surface area contributed by atoms with E-state index in [2.05, 4.69) is 15.3 Å². The second-order valence-corrected chi connectivity index (χ2v) is 3.97. The summed E-state index contributed by atoms with van der Waals surface area (Å²) in [5.41, 5.74) is 0. The fraction of sp³-hybridized carbons (Fsp3) is 0.600. The van der Waals surface area contributed by atoms with Crippen LogP contribution in [0, 0.1) is 5.92 Å². The molecule has 1 aromatic rings. The van der Waals surface area contributed by atoms with Gasteiger partial charge in [0.1, 0.15) is 11.0 Å². The van der Waals surface area contributed by atoms with Gasteiger partial charge in [-0.15, -0.1) is 0 Å². The Bertz CT molecular complexity index is 296. The first kappa shape index (κ1) is 12.2. The molecular weight excluding hydrogens is 214 g/mol. The lowest BCUT2D eigenvalue weighted by Crippen LogP contribution is -2.07. The van der Waals surface area contributed by atoms with E-state index < -0.39 is 0 Å². The molecule has 1 atom stereocenters. The molecule has 1 rings (SSSR count). The first-order valence-corrected chi connectivity index (χ1v) is 5.42. The van der Waals surface area contributed by atoms with E-state index in [-0.39, 0.29) is 6.61 Å². The first-order valence-electron chi connectivity index (χ1n) is 5.04. The summed E-state index contributed by atoms with van der Waals surface area (Å²) in [5, 5.41) is 12.3. The van der Waals surface area contributed by atoms with Gasteiger partial charge in [0.2, 0.25) is 0 Å². The van der Waals surface area contributed by atoms with Crippen molar-refractivity contribution in [2.45, 2.75) is 19.8 Å². The number of nitrogens with zero attached hydrogens (tertiary/aromatic N) is 2. The fourth-order valence-corrected chi connectivity index (χ4v) is 1.33. The Balaban J connectivity index is 2.20. The highest BCUT2D eigenvalue weighted by Crippen LogP contribution is 2.08. The number of rotatable bonds is 6. The number of anilines is 1. The Hall–Kier alpha value is -0.870. The maximum Gasteiger partial charge on any atom is 0.149 e. The van der Waals surface area contributed by atoms with Crippen LogP contribution in [0.15, 0.2) is 12.4 Å². The number of aromatic nitrogens is 2. The number of halogens is 1. The van der Waals surface area contributed by atoms with E-state index in [1.54, 1.807) is 6.20 Å². The van der Waals surface area contributed by atoms with Gasteiger partial charge < -0.3 is 10.4 Å². The Labute approximate surface area is 94.7 Å². The van der Waals surface area contributed by atoms with Gasteiger partial charge in [0, 0.05) is 13.2 Å². The summed E-state index contributed by atoms with van der Waals surface area (Å²) in [4.78, 5) is 7.97. The summed E-state index contributed by atoms with van der Waals surface area (Å²) in [6, 6.07) is 0. The average molecular weight is 230 g/mol. The Morgan fingerprint density at radius 2 is 2.33 bits per heavy atom. The van der Waals surface area contributed by atoms with Gasteiger partial charge in [-0.25, -0.2) is 4.98 Å². The summed E-state index contributed by atoms with van der Waals surface area (Å²) in [5.74, 6) is 1.05. The Morgan fingerprint density at radius 1 is 1.53 bits per heavy atom. The maximum absolute atomic E-state index is 8.83. The smallest absolute Gasteiger partial charge is 0.149 e. The lowest BCUT2D eigenvalue weighted by Gasteiger charge is -2.08. The Kier molecular flexibility index (Phi) is 5.36. The van der Waals surface area contributed by atoms with Crippen LogP contribution in [0.5, 0.6) is 0 Å². The third-order valence-corrected chi connectivity index (χ3v) is 2.28. The van der Waals surface area contributed by atoms with E-state index in [0.29, 0.717) is 16.9 Å². The Morgan fingerprint density at radius 3 is 3.00 bits per heavy atom. The van der Waals surface area contributed by atoms with Crippen LogP contribution in [0.25, 0.3) is 0 Å².